The minimum absolute atomic E-state index is 0.193. The van der Waals surface area contributed by atoms with Gasteiger partial charge in [0.1, 0.15) is 16.5 Å². The quantitative estimate of drug-likeness (QED) is 0.893. The average molecular weight is 323 g/mol. The third-order valence-corrected chi connectivity index (χ3v) is 5.25. The highest BCUT2D eigenvalue weighted by molar-refractivity contribution is 7.89. The monoisotopic (exact) mass is 323 g/mol. The number of nitrogens with zero attached hydrogens (tertiary/aromatic N) is 2. The van der Waals surface area contributed by atoms with Crippen molar-refractivity contribution in [1.29, 1.82) is 0 Å². The van der Waals surface area contributed by atoms with Gasteiger partial charge in [-0.2, -0.15) is 4.31 Å². The van der Waals surface area contributed by atoms with Crippen molar-refractivity contribution in [2.24, 2.45) is 0 Å². The molecule has 0 aliphatic carbocycles. The van der Waals surface area contributed by atoms with Crippen molar-refractivity contribution in [3.05, 3.63) is 42.5 Å². The molecule has 0 bridgehead atoms. The Balaban J connectivity index is 1.67. The van der Waals surface area contributed by atoms with Crippen LogP contribution in [0.15, 0.2) is 46.0 Å². The molecule has 0 aromatic carbocycles. The molecule has 22 heavy (non-hydrogen) atoms. The first kappa shape index (κ1) is 15.0. The molecule has 1 N–H and O–H groups in total. The molecule has 8 heteroatoms. The number of nitrogens with one attached hydrogen (secondary N) is 1. The highest BCUT2D eigenvalue weighted by Crippen LogP contribution is 2.17. The van der Waals surface area contributed by atoms with E-state index >= 15 is 0 Å². The van der Waals surface area contributed by atoms with Crippen molar-refractivity contribution in [3.63, 3.8) is 0 Å². The van der Waals surface area contributed by atoms with Gasteiger partial charge in [0.05, 0.1) is 26.0 Å². The van der Waals surface area contributed by atoms with Gasteiger partial charge in [-0.15, -0.1) is 0 Å². The number of hydrogen-bond acceptors (Lipinski definition) is 6. The maximum atomic E-state index is 12.4. The summed E-state index contributed by atoms with van der Waals surface area (Å²) in [6.45, 7) is 2.10. The van der Waals surface area contributed by atoms with Gasteiger partial charge < -0.3 is 14.5 Å². The Bertz CT molecular complexity index is 692. The fourth-order valence-corrected chi connectivity index (χ4v) is 3.52. The first-order valence-electron chi connectivity index (χ1n) is 6.96. The molecule has 1 aliphatic heterocycles. The molecular weight excluding hydrogens is 306 g/mol. The van der Waals surface area contributed by atoms with Crippen molar-refractivity contribution in [2.75, 3.05) is 31.6 Å². The lowest BCUT2D eigenvalue weighted by atomic mass is 10.4. The van der Waals surface area contributed by atoms with E-state index in [1.54, 1.807) is 18.4 Å². The molecule has 0 amide bonds. The largest absolute Gasteiger partial charge is 0.467 e. The summed E-state index contributed by atoms with van der Waals surface area (Å²) in [5, 5.41) is 3.07. The molecule has 0 unspecified atom stereocenters. The summed E-state index contributed by atoms with van der Waals surface area (Å²) >= 11 is 0. The first-order valence-corrected chi connectivity index (χ1v) is 8.40. The summed E-state index contributed by atoms with van der Waals surface area (Å²) in [5.74, 6) is 1.38. The van der Waals surface area contributed by atoms with Gasteiger partial charge in [0.25, 0.3) is 0 Å². The van der Waals surface area contributed by atoms with E-state index in [1.165, 1.54) is 10.5 Å². The van der Waals surface area contributed by atoms with E-state index in [0.717, 1.165) is 5.76 Å². The van der Waals surface area contributed by atoms with Crippen LogP contribution in [0.2, 0.25) is 0 Å². The summed E-state index contributed by atoms with van der Waals surface area (Å²) in [7, 11) is -3.49. The third kappa shape index (κ3) is 3.29. The summed E-state index contributed by atoms with van der Waals surface area (Å²) in [6, 6.07) is 6.87. The number of furan rings is 1. The van der Waals surface area contributed by atoms with Crippen LogP contribution in [0.1, 0.15) is 5.76 Å². The molecule has 3 heterocycles. The van der Waals surface area contributed by atoms with E-state index in [2.05, 4.69) is 10.3 Å². The van der Waals surface area contributed by atoms with Crippen LogP contribution < -0.4 is 5.32 Å². The fraction of sp³-hybridized carbons (Fsp3) is 0.357. The smallest absolute Gasteiger partial charge is 0.244 e. The molecule has 1 fully saturated rings. The van der Waals surface area contributed by atoms with Crippen LogP contribution in [0.4, 0.5) is 5.82 Å². The fourth-order valence-electron chi connectivity index (χ4n) is 2.16. The van der Waals surface area contributed by atoms with Gasteiger partial charge in [-0.05, 0) is 24.3 Å². The highest BCUT2D eigenvalue weighted by atomic mass is 32.2. The maximum absolute atomic E-state index is 12.4. The van der Waals surface area contributed by atoms with Crippen LogP contribution in [-0.2, 0) is 21.3 Å². The number of morpholine rings is 1. The third-order valence-electron chi connectivity index (χ3n) is 3.37. The number of rotatable bonds is 5. The number of sulfonamides is 1. The minimum Gasteiger partial charge on any atom is -0.467 e. The number of pyridine rings is 1. The lowest BCUT2D eigenvalue weighted by molar-refractivity contribution is 0.0730. The Morgan fingerprint density at radius 1 is 1.23 bits per heavy atom. The van der Waals surface area contributed by atoms with Crippen LogP contribution in [0.25, 0.3) is 0 Å². The molecule has 118 valence electrons. The molecule has 3 rings (SSSR count). The van der Waals surface area contributed by atoms with Gasteiger partial charge in [-0.1, -0.05) is 0 Å². The zero-order chi connectivity index (χ0) is 15.4. The second kappa shape index (κ2) is 6.47. The Hall–Kier alpha value is -1.90. The molecule has 0 radical (unpaired) electrons. The molecule has 1 aliphatic rings. The average Bonchev–Trinajstić information content (AvgIpc) is 3.08. The van der Waals surface area contributed by atoms with Gasteiger partial charge in [0.15, 0.2) is 0 Å². The first-order chi connectivity index (χ1) is 10.7. The zero-order valence-electron chi connectivity index (χ0n) is 11.9. The van der Waals surface area contributed by atoms with Crippen molar-refractivity contribution in [2.45, 2.75) is 11.4 Å². The van der Waals surface area contributed by atoms with E-state index in [-0.39, 0.29) is 4.90 Å². The van der Waals surface area contributed by atoms with E-state index < -0.39 is 10.0 Å². The van der Waals surface area contributed by atoms with E-state index in [4.69, 9.17) is 9.15 Å². The van der Waals surface area contributed by atoms with Gasteiger partial charge in [-0.25, -0.2) is 13.4 Å². The summed E-state index contributed by atoms with van der Waals surface area (Å²) in [6.07, 6.45) is 2.97. The van der Waals surface area contributed by atoms with Gasteiger partial charge >= 0.3 is 0 Å². The lowest BCUT2D eigenvalue weighted by Gasteiger charge is -2.25. The SMILES string of the molecule is O=S(=O)(c1ccc(NCc2ccco2)nc1)N1CCOCC1. The van der Waals surface area contributed by atoms with E-state index in [1.807, 2.05) is 12.1 Å². The van der Waals surface area contributed by atoms with Crippen LogP contribution in [0.3, 0.4) is 0 Å². The summed E-state index contributed by atoms with van der Waals surface area (Å²) in [5.41, 5.74) is 0. The predicted molar refractivity (Wildman–Crippen MR) is 79.8 cm³/mol. The van der Waals surface area contributed by atoms with Crippen LogP contribution in [0, 0.1) is 0 Å². The summed E-state index contributed by atoms with van der Waals surface area (Å²) < 4.78 is 36.7. The molecule has 2 aromatic heterocycles. The highest BCUT2D eigenvalue weighted by Gasteiger charge is 2.26. The van der Waals surface area contributed by atoms with Crippen molar-refractivity contribution in [3.8, 4) is 0 Å². The van der Waals surface area contributed by atoms with Crippen molar-refractivity contribution >= 4 is 15.8 Å². The summed E-state index contributed by atoms with van der Waals surface area (Å²) in [4.78, 5) is 4.34. The van der Waals surface area contributed by atoms with Gasteiger partial charge in [0.2, 0.25) is 10.0 Å². The molecule has 0 atom stereocenters. The van der Waals surface area contributed by atoms with Gasteiger partial charge in [0, 0.05) is 19.3 Å². The van der Waals surface area contributed by atoms with Gasteiger partial charge in [-0.3, -0.25) is 0 Å². The van der Waals surface area contributed by atoms with Crippen LogP contribution in [-0.4, -0.2) is 44.0 Å². The second-order valence-electron chi connectivity index (χ2n) is 4.83. The second-order valence-corrected chi connectivity index (χ2v) is 6.77. The minimum atomic E-state index is -3.49. The lowest BCUT2D eigenvalue weighted by Crippen LogP contribution is -2.40. The molecule has 7 nitrogen and oxygen atoms in total. The van der Waals surface area contributed by atoms with E-state index in [0.29, 0.717) is 38.7 Å². The predicted octanol–water partition coefficient (Wildman–Crippen LogP) is 1.31. The van der Waals surface area contributed by atoms with Crippen LogP contribution in [0.5, 0.6) is 0 Å². The van der Waals surface area contributed by atoms with Crippen molar-refractivity contribution in [1.82, 2.24) is 9.29 Å². The standard InChI is InChI=1S/C14H17N3O4S/c18-22(19,17-5-8-20-9-6-17)13-3-4-14(16-11-13)15-10-12-2-1-7-21-12/h1-4,7,11H,5-6,8-10H2,(H,15,16). The molecule has 1 saturated heterocycles. The number of hydrogen-bond donors (Lipinski definition) is 1. The van der Waals surface area contributed by atoms with Crippen molar-refractivity contribution < 1.29 is 17.6 Å². The maximum Gasteiger partial charge on any atom is 0.244 e. The zero-order valence-corrected chi connectivity index (χ0v) is 12.8. The Morgan fingerprint density at radius 3 is 2.68 bits per heavy atom. The van der Waals surface area contributed by atoms with E-state index in [9.17, 15) is 8.42 Å². The Labute approximate surface area is 129 Å². The number of anilines is 1. The molecule has 0 spiro atoms. The Morgan fingerprint density at radius 2 is 2.05 bits per heavy atom. The normalized spacial score (nSPS) is 16.5. The number of aromatic nitrogens is 1. The molecular formula is C14H17N3O4S. The molecule has 0 saturated carbocycles. The number of ether oxygens (including phenoxy) is 1. The Kier molecular flexibility index (Phi) is 4.41. The molecule has 2 aromatic rings. The topological polar surface area (TPSA) is 84.7 Å². The van der Waals surface area contributed by atoms with Crippen LogP contribution >= 0.6 is 0 Å².